The molecule has 2 heterocycles. The number of ether oxygens (including phenoxy) is 3. The molecular formula is C33H63NO5. The number of unbranched alkanes of at least 4 members (excludes halogenated alkanes) is 14. The van der Waals surface area contributed by atoms with Gasteiger partial charge in [0, 0.05) is 24.3 Å². The van der Waals surface area contributed by atoms with Gasteiger partial charge in [0.15, 0.2) is 5.79 Å². The maximum absolute atomic E-state index is 12.3. The van der Waals surface area contributed by atoms with Gasteiger partial charge in [-0.3, -0.25) is 4.79 Å². The van der Waals surface area contributed by atoms with Gasteiger partial charge in [-0.1, -0.05) is 118 Å². The van der Waals surface area contributed by atoms with Crippen LogP contribution in [0.1, 0.15) is 164 Å². The van der Waals surface area contributed by atoms with Crippen LogP contribution in [0.2, 0.25) is 0 Å². The fraction of sp³-hybridized carbons (Fsp3) is 0.970. The van der Waals surface area contributed by atoms with Gasteiger partial charge in [0.25, 0.3) is 0 Å². The Labute approximate surface area is 240 Å². The first kappa shape index (κ1) is 34.5. The molecule has 39 heavy (non-hydrogen) atoms. The summed E-state index contributed by atoms with van der Waals surface area (Å²) in [6, 6.07) is 0. The summed E-state index contributed by atoms with van der Waals surface area (Å²) in [5, 5.41) is 12.6. The van der Waals surface area contributed by atoms with Crippen molar-refractivity contribution in [2.24, 2.45) is 5.92 Å². The van der Waals surface area contributed by atoms with E-state index in [9.17, 15) is 10.0 Å². The third-order valence-corrected chi connectivity index (χ3v) is 9.99. The molecule has 0 radical (unpaired) electrons. The third kappa shape index (κ3) is 9.97. The van der Waals surface area contributed by atoms with Crippen molar-refractivity contribution in [1.29, 1.82) is 0 Å². The van der Waals surface area contributed by atoms with Crippen LogP contribution in [0, 0.1) is 5.92 Å². The summed E-state index contributed by atoms with van der Waals surface area (Å²) in [5.41, 5.74) is -0.890. The zero-order valence-electron chi connectivity index (χ0n) is 26.5. The lowest BCUT2D eigenvalue weighted by molar-refractivity contribution is -0.352. The van der Waals surface area contributed by atoms with E-state index in [0.717, 1.165) is 25.7 Å². The first-order valence-electron chi connectivity index (χ1n) is 16.6. The van der Waals surface area contributed by atoms with Crippen LogP contribution in [0.5, 0.6) is 0 Å². The van der Waals surface area contributed by atoms with E-state index < -0.39 is 16.9 Å². The molecule has 2 saturated heterocycles. The van der Waals surface area contributed by atoms with Crippen molar-refractivity contribution in [3.05, 3.63) is 0 Å². The van der Waals surface area contributed by atoms with Gasteiger partial charge in [0.1, 0.15) is 12.7 Å². The maximum Gasteiger partial charge on any atom is 0.305 e. The molecule has 0 amide bonds. The first-order valence-corrected chi connectivity index (χ1v) is 16.6. The molecule has 5 unspecified atom stereocenters. The molecule has 1 N–H and O–H groups in total. The molecule has 2 fully saturated rings. The number of esters is 1. The van der Waals surface area contributed by atoms with Crippen LogP contribution >= 0.6 is 0 Å². The highest BCUT2D eigenvalue weighted by molar-refractivity contribution is 5.69. The lowest BCUT2D eigenvalue weighted by Gasteiger charge is -2.60. The zero-order valence-corrected chi connectivity index (χ0v) is 26.5. The number of rotatable bonds is 20. The highest BCUT2D eigenvalue weighted by Gasteiger charge is 2.63. The third-order valence-electron chi connectivity index (χ3n) is 9.99. The number of hydrogen-bond donors (Lipinski definition) is 1. The molecule has 6 nitrogen and oxygen atoms in total. The normalized spacial score (nSPS) is 31.3. The van der Waals surface area contributed by atoms with Crippen molar-refractivity contribution < 1.29 is 24.2 Å². The van der Waals surface area contributed by atoms with Gasteiger partial charge in [-0.2, -0.15) is 5.06 Å². The van der Waals surface area contributed by atoms with Crippen LogP contribution in [0.25, 0.3) is 0 Å². The topological polar surface area (TPSA) is 68.2 Å². The van der Waals surface area contributed by atoms with Gasteiger partial charge < -0.3 is 19.4 Å². The Bertz CT molecular complexity index is 689. The minimum Gasteiger partial charge on any atom is -0.463 e. The number of carbonyl (C=O) groups is 1. The minimum atomic E-state index is -0.764. The average molecular weight is 554 g/mol. The Morgan fingerprint density at radius 3 is 1.85 bits per heavy atom. The van der Waals surface area contributed by atoms with Crippen LogP contribution in [0.3, 0.4) is 0 Å². The lowest BCUT2D eigenvalue weighted by Crippen LogP contribution is -2.71. The molecule has 6 heteroatoms. The van der Waals surface area contributed by atoms with Gasteiger partial charge >= 0.3 is 5.97 Å². The van der Waals surface area contributed by atoms with Gasteiger partial charge in [-0.15, -0.1) is 0 Å². The molecule has 230 valence electrons. The zero-order chi connectivity index (χ0) is 28.8. The number of carbonyl (C=O) groups excluding carboxylic acids is 1. The average Bonchev–Trinajstić information content (AvgIpc) is 3.35. The van der Waals surface area contributed by atoms with E-state index in [0.29, 0.717) is 19.4 Å². The SMILES string of the molecule is CCCCCCCCCCCCCCCCCC(=O)OCC1COC2(CC(C)(CC)N(O)C(C)(CC)C2C)O1. The number of piperidine rings is 1. The van der Waals surface area contributed by atoms with E-state index in [4.69, 9.17) is 14.2 Å². The summed E-state index contributed by atoms with van der Waals surface area (Å²) in [7, 11) is 0. The van der Waals surface area contributed by atoms with E-state index in [1.165, 1.54) is 83.5 Å². The predicted octanol–water partition coefficient (Wildman–Crippen LogP) is 8.97. The van der Waals surface area contributed by atoms with Crippen molar-refractivity contribution in [3.8, 4) is 0 Å². The van der Waals surface area contributed by atoms with E-state index in [2.05, 4.69) is 41.5 Å². The van der Waals surface area contributed by atoms with Crippen molar-refractivity contribution in [3.63, 3.8) is 0 Å². The smallest absolute Gasteiger partial charge is 0.305 e. The number of hydrogen-bond acceptors (Lipinski definition) is 6. The van der Waals surface area contributed by atoms with E-state index in [-0.39, 0.29) is 24.6 Å². The Morgan fingerprint density at radius 2 is 1.36 bits per heavy atom. The largest absolute Gasteiger partial charge is 0.463 e. The van der Waals surface area contributed by atoms with Gasteiger partial charge in [0.2, 0.25) is 0 Å². The monoisotopic (exact) mass is 553 g/mol. The molecule has 2 aliphatic heterocycles. The fourth-order valence-electron chi connectivity index (χ4n) is 6.65. The molecule has 0 aromatic carbocycles. The number of nitrogens with zero attached hydrogens (tertiary/aromatic N) is 1. The summed E-state index contributed by atoms with van der Waals surface area (Å²) < 4.78 is 18.4. The first-order chi connectivity index (χ1) is 18.7. The molecular weight excluding hydrogens is 490 g/mol. The van der Waals surface area contributed by atoms with Gasteiger partial charge in [0.05, 0.1) is 12.1 Å². The standard InChI is InChI=1S/C33H63NO5/c1-7-10-11-12-13-14-15-16-17-18-19-20-21-22-23-24-30(35)37-25-29-26-38-33(39-29)27-31(5,8-2)34(36)32(6,9-3)28(33)4/h28-29,36H,7-27H2,1-6H3. The summed E-state index contributed by atoms with van der Waals surface area (Å²) in [6.45, 7) is 13.4. The van der Waals surface area contributed by atoms with Gasteiger partial charge in [-0.25, -0.2) is 0 Å². The molecule has 5 atom stereocenters. The Hall–Kier alpha value is -0.690. The molecule has 0 aromatic heterocycles. The van der Waals surface area contributed by atoms with Crippen LogP contribution < -0.4 is 0 Å². The molecule has 1 spiro atoms. The Morgan fingerprint density at radius 1 is 0.846 bits per heavy atom. The second kappa shape index (κ2) is 17.3. The molecule has 0 bridgehead atoms. The van der Waals surface area contributed by atoms with Crippen molar-refractivity contribution >= 4 is 5.97 Å². The molecule has 0 aliphatic carbocycles. The van der Waals surface area contributed by atoms with Crippen LogP contribution in [0.4, 0.5) is 0 Å². The Balaban J connectivity index is 1.54. The number of hydroxylamine groups is 2. The lowest BCUT2D eigenvalue weighted by atomic mass is 9.67. The second-order valence-electron chi connectivity index (χ2n) is 13.0. The molecule has 2 aliphatic rings. The van der Waals surface area contributed by atoms with Gasteiger partial charge in [-0.05, 0) is 33.1 Å². The second-order valence-corrected chi connectivity index (χ2v) is 13.0. The van der Waals surface area contributed by atoms with Crippen LogP contribution in [-0.2, 0) is 19.0 Å². The predicted molar refractivity (Wildman–Crippen MR) is 159 cm³/mol. The van der Waals surface area contributed by atoms with Crippen molar-refractivity contribution in [2.45, 2.75) is 187 Å². The minimum absolute atomic E-state index is 0.0272. The van der Waals surface area contributed by atoms with E-state index in [1.54, 1.807) is 5.06 Å². The summed E-state index contributed by atoms with van der Waals surface area (Å²) in [5.74, 6) is -0.926. The highest BCUT2D eigenvalue weighted by Crippen LogP contribution is 2.53. The van der Waals surface area contributed by atoms with E-state index >= 15 is 0 Å². The van der Waals surface area contributed by atoms with Crippen molar-refractivity contribution in [2.75, 3.05) is 13.2 Å². The summed E-state index contributed by atoms with van der Waals surface area (Å²) in [4.78, 5) is 12.3. The fourth-order valence-corrected chi connectivity index (χ4v) is 6.65. The molecule has 0 aromatic rings. The maximum atomic E-state index is 12.3. The quantitative estimate of drug-likeness (QED) is 0.120. The van der Waals surface area contributed by atoms with E-state index in [1.807, 2.05) is 0 Å². The highest BCUT2D eigenvalue weighted by atomic mass is 16.8. The van der Waals surface area contributed by atoms with Crippen LogP contribution in [-0.4, -0.2) is 52.4 Å². The Kier molecular flexibility index (Phi) is 15.3. The molecule has 2 rings (SSSR count). The molecule has 0 saturated carbocycles. The summed E-state index contributed by atoms with van der Waals surface area (Å²) in [6.07, 6.45) is 22.1. The van der Waals surface area contributed by atoms with Crippen LogP contribution in [0.15, 0.2) is 0 Å². The summed E-state index contributed by atoms with van der Waals surface area (Å²) >= 11 is 0. The van der Waals surface area contributed by atoms with Crippen molar-refractivity contribution in [1.82, 2.24) is 5.06 Å².